The number of carbonyl (C=O) groups excluding carboxylic acids is 1. The maximum Gasteiger partial charge on any atom is 0.433 e. The van der Waals surface area contributed by atoms with Crippen molar-refractivity contribution in [2.24, 2.45) is 7.05 Å². The fraction of sp³-hybridized carbons (Fsp3) is 0.579. The Morgan fingerprint density at radius 1 is 1.21 bits per heavy atom. The highest BCUT2D eigenvalue weighted by Gasteiger charge is 2.35. The van der Waals surface area contributed by atoms with E-state index in [1.165, 1.54) is 7.05 Å². The normalized spacial score (nSPS) is 12.0. The van der Waals surface area contributed by atoms with Gasteiger partial charge in [0, 0.05) is 20.1 Å². The van der Waals surface area contributed by atoms with E-state index >= 15 is 0 Å². The Morgan fingerprint density at radius 2 is 1.96 bits per heavy atom. The molecule has 5 nitrogen and oxygen atoms in total. The lowest BCUT2D eigenvalue weighted by Crippen LogP contribution is -2.35. The van der Waals surface area contributed by atoms with E-state index in [0.717, 1.165) is 61.0 Å². The van der Waals surface area contributed by atoms with Crippen LogP contribution in [0.4, 0.5) is 13.2 Å². The molecule has 0 aromatic carbocycles. The van der Waals surface area contributed by atoms with Crippen LogP contribution in [0.1, 0.15) is 48.5 Å². The van der Waals surface area contributed by atoms with E-state index in [-0.39, 0.29) is 11.6 Å². The standard InChI is InChI=1S/C19H27F3N4OS/c1-4-6-11-26(10-5-2)12-9-23-18(27)16-8-7-15(28-16)14-13-17(19(20,21)22)25(3)24-14/h7-8,13H,4-6,9-12H2,1-3H3,(H,23,27). The van der Waals surface area contributed by atoms with E-state index < -0.39 is 11.9 Å². The van der Waals surface area contributed by atoms with Crippen LogP contribution in [-0.2, 0) is 13.2 Å². The topological polar surface area (TPSA) is 50.2 Å². The van der Waals surface area contributed by atoms with E-state index in [1.807, 2.05) is 0 Å². The van der Waals surface area contributed by atoms with Crippen molar-refractivity contribution in [3.05, 3.63) is 28.8 Å². The molecule has 2 heterocycles. The van der Waals surface area contributed by atoms with Crippen molar-refractivity contribution in [1.82, 2.24) is 20.0 Å². The molecule has 0 bridgehead atoms. The number of thiophene rings is 1. The number of aryl methyl sites for hydroxylation is 1. The van der Waals surface area contributed by atoms with Crippen LogP contribution in [0.5, 0.6) is 0 Å². The largest absolute Gasteiger partial charge is 0.433 e. The highest BCUT2D eigenvalue weighted by molar-refractivity contribution is 7.17. The molecule has 9 heteroatoms. The van der Waals surface area contributed by atoms with Crippen LogP contribution in [0.3, 0.4) is 0 Å². The monoisotopic (exact) mass is 416 g/mol. The van der Waals surface area contributed by atoms with Crippen LogP contribution in [-0.4, -0.2) is 46.8 Å². The fourth-order valence-corrected chi connectivity index (χ4v) is 3.78. The van der Waals surface area contributed by atoms with Gasteiger partial charge in [-0.05, 0) is 44.1 Å². The van der Waals surface area contributed by atoms with E-state index in [0.29, 0.717) is 16.3 Å². The van der Waals surface area contributed by atoms with Crippen LogP contribution in [0.25, 0.3) is 10.6 Å². The number of aromatic nitrogens is 2. The molecule has 156 valence electrons. The van der Waals surface area contributed by atoms with Gasteiger partial charge < -0.3 is 10.2 Å². The van der Waals surface area contributed by atoms with Crippen molar-refractivity contribution >= 4 is 17.2 Å². The molecular weight excluding hydrogens is 389 g/mol. The molecule has 0 radical (unpaired) electrons. The number of nitrogens with one attached hydrogen (secondary N) is 1. The summed E-state index contributed by atoms with van der Waals surface area (Å²) in [4.78, 5) is 15.7. The molecule has 1 N–H and O–H groups in total. The lowest BCUT2D eigenvalue weighted by Gasteiger charge is -2.21. The third-order valence-corrected chi connectivity index (χ3v) is 5.44. The van der Waals surface area contributed by atoms with E-state index in [4.69, 9.17) is 0 Å². The van der Waals surface area contributed by atoms with Gasteiger partial charge in [0.1, 0.15) is 11.4 Å². The Labute approximate surface area is 167 Å². The molecule has 0 unspecified atom stereocenters. The summed E-state index contributed by atoms with van der Waals surface area (Å²) in [6, 6.07) is 4.26. The lowest BCUT2D eigenvalue weighted by molar-refractivity contribution is -0.143. The van der Waals surface area contributed by atoms with Gasteiger partial charge in [-0.2, -0.15) is 18.3 Å². The van der Waals surface area contributed by atoms with Gasteiger partial charge in [0.05, 0.1) is 9.75 Å². The highest BCUT2D eigenvalue weighted by Crippen LogP contribution is 2.34. The Kier molecular flexibility index (Phi) is 8.06. The molecule has 0 fully saturated rings. The number of amides is 1. The summed E-state index contributed by atoms with van der Waals surface area (Å²) in [6.07, 6.45) is -1.13. The zero-order valence-corrected chi connectivity index (χ0v) is 17.3. The summed E-state index contributed by atoms with van der Waals surface area (Å²) in [5.41, 5.74) is -0.599. The predicted octanol–water partition coefficient (Wildman–Crippen LogP) is 4.41. The quantitative estimate of drug-likeness (QED) is 0.624. The zero-order chi connectivity index (χ0) is 20.7. The minimum absolute atomic E-state index is 0.213. The van der Waals surface area contributed by atoms with Crippen LogP contribution >= 0.6 is 11.3 Å². The highest BCUT2D eigenvalue weighted by atomic mass is 32.1. The average molecular weight is 417 g/mol. The number of halogens is 3. The average Bonchev–Trinajstić information content (AvgIpc) is 3.25. The van der Waals surface area contributed by atoms with Crippen LogP contribution in [0.15, 0.2) is 18.2 Å². The molecule has 0 aliphatic rings. The molecule has 2 rings (SSSR count). The van der Waals surface area contributed by atoms with Crippen molar-refractivity contribution in [3.8, 4) is 10.6 Å². The second-order valence-corrected chi connectivity index (χ2v) is 7.73. The number of unbranched alkanes of at least 4 members (excludes halogenated alkanes) is 1. The lowest BCUT2D eigenvalue weighted by atomic mass is 10.3. The van der Waals surface area contributed by atoms with E-state index in [2.05, 4.69) is 29.2 Å². The molecule has 2 aromatic heterocycles. The van der Waals surface area contributed by atoms with Gasteiger partial charge >= 0.3 is 6.18 Å². The molecular formula is C19H27F3N4OS. The van der Waals surface area contributed by atoms with Crippen molar-refractivity contribution in [2.45, 2.75) is 39.3 Å². The first-order valence-corrected chi connectivity index (χ1v) is 10.3. The molecule has 0 saturated heterocycles. The van der Waals surface area contributed by atoms with E-state index in [1.54, 1.807) is 12.1 Å². The summed E-state index contributed by atoms with van der Waals surface area (Å²) in [6.45, 7) is 7.63. The SMILES string of the molecule is CCCCN(CCC)CCNC(=O)c1ccc(-c2cc(C(F)(F)F)n(C)n2)s1. The van der Waals surface area contributed by atoms with Gasteiger partial charge in [-0.25, -0.2) is 0 Å². The van der Waals surface area contributed by atoms with Crippen LogP contribution in [0, 0.1) is 0 Å². The third kappa shape index (κ3) is 6.07. The molecule has 0 aliphatic carbocycles. The molecule has 0 aliphatic heterocycles. The second-order valence-electron chi connectivity index (χ2n) is 6.65. The number of hydrogen-bond acceptors (Lipinski definition) is 4. The molecule has 1 amide bonds. The van der Waals surface area contributed by atoms with Gasteiger partial charge in [0.15, 0.2) is 0 Å². The van der Waals surface area contributed by atoms with Gasteiger partial charge in [-0.3, -0.25) is 9.48 Å². The van der Waals surface area contributed by atoms with Gasteiger partial charge in [0.2, 0.25) is 0 Å². The maximum atomic E-state index is 12.9. The predicted molar refractivity (Wildman–Crippen MR) is 105 cm³/mol. The maximum absolute atomic E-state index is 12.9. The molecule has 28 heavy (non-hydrogen) atoms. The number of hydrogen-bond donors (Lipinski definition) is 1. The summed E-state index contributed by atoms with van der Waals surface area (Å²) >= 11 is 1.14. The third-order valence-electron chi connectivity index (χ3n) is 4.33. The Balaban J connectivity index is 1.95. The number of alkyl halides is 3. The first-order valence-electron chi connectivity index (χ1n) is 9.48. The number of nitrogens with zero attached hydrogens (tertiary/aromatic N) is 3. The molecule has 0 atom stereocenters. The second kappa shape index (κ2) is 10.1. The minimum Gasteiger partial charge on any atom is -0.350 e. The van der Waals surface area contributed by atoms with Gasteiger partial charge in [-0.15, -0.1) is 11.3 Å². The van der Waals surface area contributed by atoms with Crippen LogP contribution < -0.4 is 5.32 Å². The molecule has 2 aromatic rings. The molecule has 0 saturated carbocycles. The molecule has 0 spiro atoms. The zero-order valence-electron chi connectivity index (χ0n) is 16.5. The number of rotatable bonds is 10. The summed E-state index contributed by atoms with van der Waals surface area (Å²) in [5, 5.41) is 6.82. The Bertz CT molecular complexity index is 770. The van der Waals surface area contributed by atoms with Crippen molar-refractivity contribution in [1.29, 1.82) is 0 Å². The summed E-state index contributed by atoms with van der Waals surface area (Å²) in [5.74, 6) is -0.213. The van der Waals surface area contributed by atoms with Crippen LogP contribution in [0.2, 0.25) is 0 Å². The Hall–Kier alpha value is -1.87. The van der Waals surface area contributed by atoms with Gasteiger partial charge in [0.25, 0.3) is 5.91 Å². The number of carbonyl (C=O) groups is 1. The summed E-state index contributed by atoms with van der Waals surface area (Å²) in [7, 11) is 1.26. The fourth-order valence-electron chi connectivity index (χ4n) is 2.90. The van der Waals surface area contributed by atoms with Crippen molar-refractivity contribution in [3.63, 3.8) is 0 Å². The first-order chi connectivity index (χ1) is 13.3. The van der Waals surface area contributed by atoms with Crippen molar-refractivity contribution in [2.75, 3.05) is 26.2 Å². The van der Waals surface area contributed by atoms with Crippen molar-refractivity contribution < 1.29 is 18.0 Å². The first kappa shape index (κ1) is 22.4. The smallest absolute Gasteiger partial charge is 0.350 e. The summed E-state index contributed by atoms with van der Waals surface area (Å²) < 4.78 is 39.6. The van der Waals surface area contributed by atoms with Gasteiger partial charge in [-0.1, -0.05) is 20.3 Å². The van der Waals surface area contributed by atoms with E-state index in [9.17, 15) is 18.0 Å². The minimum atomic E-state index is -4.46. The Morgan fingerprint density at radius 3 is 2.57 bits per heavy atom.